The molecule has 2 heteroatoms. The summed E-state index contributed by atoms with van der Waals surface area (Å²) in [5, 5.41) is 3.79. The molecule has 1 fully saturated rings. The van der Waals surface area contributed by atoms with Crippen LogP contribution in [0.25, 0.3) is 0 Å². The molecule has 2 rings (SSSR count). The number of halogens is 1. The second-order valence-corrected chi connectivity index (χ2v) is 8.23. The van der Waals surface area contributed by atoms with E-state index in [1.54, 1.807) is 0 Å². The van der Waals surface area contributed by atoms with E-state index in [9.17, 15) is 0 Å². The maximum absolute atomic E-state index is 3.79. The van der Waals surface area contributed by atoms with Gasteiger partial charge in [-0.25, -0.2) is 0 Å². The third kappa shape index (κ3) is 2.96. The number of nitrogens with one attached hydrogen (secondary N) is 1. The minimum Gasteiger partial charge on any atom is -0.313 e. The van der Waals surface area contributed by atoms with Gasteiger partial charge in [-0.2, -0.15) is 0 Å². The van der Waals surface area contributed by atoms with Crippen LogP contribution in [0.5, 0.6) is 0 Å². The van der Waals surface area contributed by atoms with Gasteiger partial charge in [-0.1, -0.05) is 62.7 Å². The first-order valence-corrected chi connectivity index (χ1v) is 8.58. The van der Waals surface area contributed by atoms with E-state index in [0.717, 1.165) is 23.4 Å². The molecule has 1 atom stereocenters. The molecule has 0 bridgehead atoms. The van der Waals surface area contributed by atoms with Crippen molar-refractivity contribution in [2.24, 2.45) is 16.7 Å². The smallest absolute Gasteiger partial charge is 0.0175 e. The first-order valence-electron chi connectivity index (χ1n) is 7.78. The minimum absolute atomic E-state index is 0.438. The predicted molar refractivity (Wildman–Crippen MR) is 91.0 cm³/mol. The molecule has 0 heterocycles. The van der Waals surface area contributed by atoms with Crippen molar-refractivity contribution in [3.8, 4) is 0 Å². The Morgan fingerprint density at radius 2 is 1.65 bits per heavy atom. The summed E-state index contributed by atoms with van der Waals surface area (Å²) < 4.78 is 1.16. The van der Waals surface area contributed by atoms with Crippen molar-refractivity contribution in [1.82, 2.24) is 5.32 Å². The minimum atomic E-state index is 0.438. The van der Waals surface area contributed by atoms with Gasteiger partial charge >= 0.3 is 0 Å². The lowest BCUT2D eigenvalue weighted by Gasteiger charge is -2.21. The quantitative estimate of drug-likeness (QED) is 0.766. The summed E-state index contributed by atoms with van der Waals surface area (Å²) >= 11 is 3.52. The van der Waals surface area contributed by atoms with Crippen LogP contribution < -0.4 is 5.32 Å². The Labute approximate surface area is 132 Å². The molecular formula is C18H28BrN. The van der Waals surface area contributed by atoms with Crippen molar-refractivity contribution >= 4 is 15.9 Å². The van der Waals surface area contributed by atoms with E-state index in [-0.39, 0.29) is 0 Å². The molecule has 20 heavy (non-hydrogen) atoms. The van der Waals surface area contributed by atoms with Crippen molar-refractivity contribution in [3.63, 3.8) is 0 Å². The molecule has 1 nitrogen and oxygen atoms in total. The lowest BCUT2D eigenvalue weighted by atomic mass is 9.96. The molecule has 0 saturated heterocycles. The van der Waals surface area contributed by atoms with Gasteiger partial charge in [0.05, 0.1) is 0 Å². The lowest BCUT2D eigenvalue weighted by molar-refractivity contribution is 0.395. The third-order valence-corrected chi connectivity index (χ3v) is 6.09. The summed E-state index contributed by atoms with van der Waals surface area (Å²) in [6, 6.07) is 9.37. The molecule has 1 unspecified atom stereocenters. The summed E-state index contributed by atoms with van der Waals surface area (Å²) in [5.41, 5.74) is 2.31. The maximum atomic E-state index is 3.79. The predicted octanol–water partition coefficient (Wildman–Crippen LogP) is 5.04. The molecule has 0 radical (unpaired) electrons. The Bertz CT molecular complexity index is 433. The van der Waals surface area contributed by atoms with Crippen LogP contribution in [0.1, 0.15) is 46.6 Å². The molecule has 0 amide bonds. The Balaban J connectivity index is 2.11. The van der Waals surface area contributed by atoms with E-state index in [4.69, 9.17) is 0 Å². The fraction of sp³-hybridized carbons (Fsp3) is 0.667. The fourth-order valence-corrected chi connectivity index (χ4v) is 4.03. The van der Waals surface area contributed by atoms with Gasteiger partial charge in [0.15, 0.2) is 0 Å². The van der Waals surface area contributed by atoms with E-state index in [2.05, 4.69) is 80.1 Å². The first kappa shape index (κ1) is 16.0. The Hall–Kier alpha value is -0.340. The van der Waals surface area contributed by atoms with Gasteiger partial charge in [0.25, 0.3) is 0 Å². The van der Waals surface area contributed by atoms with Crippen LogP contribution in [0.15, 0.2) is 28.7 Å². The molecule has 1 aliphatic rings. The van der Waals surface area contributed by atoms with E-state index < -0.39 is 0 Å². The number of rotatable bonds is 6. The molecule has 1 N–H and O–H groups in total. The van der Waals surface area contributed by atoms with Crippen LogP contribution >= 0.6 is 15.9 Å². The summed E-state index contributed by atoms with van der Waals surface area (Å²) in [7, 11) is 0. The molecule has 0 aromatic heterocycles. The van der Waals surface area contributed by atoms with Crippen molar-refractivity contribution in [3.05, 3.63) is 34.3 Å². The van der Waals surface area contributed by atoms with Crippen molar-refractivity contribution < 1.29 is 0 Å². The van der Waals surface area contributed by atoms with Crippen LogP contribution in [0.4, 0.5) is 0 Å². The molecule has 0 spiro atoms. The Kier molecular flexibility index (Phi) is 4.66. The monoisotopic (exact) mass is 337 g/mol. The molecular weight excluding hydrogens is 310 g/mol. The van der Waals surface area contributed by atoms with E-state index in [1.165, 1.54) is 12.0 Å². The molecule has 1 saturated carbocycles. The van der Waals surface area contributed by atoms with Gasteiger partial charge in [-0.15, -0.1) is 0 Å². The van der Waals surface area contributed by atoms with Gasteiger partial charge in [-0.3, -0.25) is 0 Å². The molecule has 1 aliphatic carbocycles. The zero-order valence-electron chi connectivity index (χ0n) is 13.5. The van der Waals surface area contributed by atoms with Gasteiger partial charge < -0.3 is 5.32 Å². The lowest BCUT2D eigenvalue weighted by Crippen LogP contribution is -2.36. The molecule has 1 aromatic rings. The highest BCUT2D eigenvalue weighted by atomic mass is 79.9. The zero-order valence-corrected chi connectivity index (χ0v) is 15.0. The van der Waals surface area contributed by atoms with Crippen molar-refractivity contribution in [1.29, 1.82) is 0 Å². The Morgan fingerprint density at radius 1 is 1.10 bits per heavy atom. The normalized spacial score (nSPS) is 21.7. The molecule has 1 aromatic carbocycles. The average Bonchev–Trinajstić information content (AvgIpc) is 2.78. The zero-order chi connectivity index (χ0) is 15.0. The average molecular weight is 338 g/mol. The SMILES string of the molecule is CCCNC(Cc1ccc(Br)cc1)C1C(C)(C)C1(C)C. The standard InChI is InChI=1S/C18H28BrN/c1-6-11-20-15(16-17(2,3)18(16,4)5)12-13-7-9-14(19)10-8-13/h7-10,15-16,20H,6,11-12H2,1-5H3. The van der Waals surface area contributed by atoms with Crippen molar-refractivity contribution in [2.45, 2.75) is 53.5 Å². The fourth-order valence-electron chi connectivity index (χ4n) is 3.77. The topological polar surface area (TPSA) is 12.0 Å². The van der Waals surface area contributed by atoms with Crippen LogP contribution in [-0.2, 0) is 6.42 Å². The highest BCUT2D eigenvalue weighted by Crippen LogP contribution is 2.69. The van der Waals surface area contributed by atoms with Crippen LogP contribution in [0.3, 0.4) is 0 Å². The van der Waals surface area contributed by atoms with Crippen LogP contribution in [-0.4, -0.2) is 12.6 Å². The van der Waals surface area contributed by atoms with E-state index in [0.29, 0.717) is 16.9 Å². The third-order valence-electron chi connectivity index (χ3n) is 5.56. The summed E-state index contributed by atoms with van der Waals surface area (Å²) in [5.74, 6) is 0.755. The molecule has 0 aliphatic heterocycles. The van der Waals surface area contributed by atoms with Crippen LogP contribution in [0, 0.1) is 16.7 Å². The summed E-state index contributed by atoms with van der Waals surface area (Å²) in [4.78, 5) is 0. The highest BCUT2D eigenvalue weighted by molar-refractivity contribution is 9.10. The van der Waals surface area contributed by atoms with Gasteiger partial charge in [0.2, 0.25) is 0 Å². The number of benzene rings is 1. The van der Waals surface area contributed by atoms with E-state index in [1.807, 2.05) is 0 Å². The molecule has 112 valence electrons. The number of hydrogen-bond acceptors (Lipinski definition) is 1. The Morgan fingerprint density at radius 3 is 2.10 bits per heavy atom. The van der Waals surface area contributed by atoms with Gasteiger partial charge in [0.1, 0.15) is 0 Å². The van der Waals surface area contributed by atoms with Crippen molar-refractivity contribution in [2.75, 3.05) is 6.54 Å². The van der Waals surface area contributed by atoms with E-state index >= 15 is 0 Å². The summed E-state index contributed by atoms with van der Waals surface area (Å²) in [6.45, 7) is 13.0. The second kappa shape index (κ2) is 5.81. The number of hydrogen-bond donors (Lipinski definition) is 1. The van der Waals surface area contributed by atoms with Crippen LogP contribution in [0.2, 0.25) is 0 Å². The summed E-state index contributed by atoms with van der Waals surface area (Å²) in [6.07, 6.45) is 2.33. The van der Waals surface area contributed by atoms with Gasteiger partial charge in [-0.05, 0) is 53.8 Å². The first-order chi connectivity index (χ1) is 9.30. The largest absolute Gasteiger partial charge is 0.313 e. The maximum Gasteiger partial charge on any atom is 0.0175 e. The highest BCUT2D eigenvalue weighted by Gasteiger charge is 2.66. The van der Waals surface area contributed by atoms with Gasteiger partial charge in [0, 0.05) is 10.5 Å². The second-order valence-electron chi connectivity index (χ2n) is 7.31.